The Balaban J connectivity index is 0.927. The maximum Gasteiger partial charge on any atom is 0.163 e. The highest BCUT2D eigenvalue weighted by Crippen LogP contribution is 2.53. The van der Waals surface area contributed by atoms with Crippen molar-refractivity contribution in [3.8, 4) is 56.2 Å². The maximum atomic E-state index is 5.41. The standard InChI is InChI=1S/C61H47N3S/c1-61(2)53-27-12-11-24-48(53)49-35-34-45(38-54(49)61)43-20-13-22-46(36-43)59-62-58(42-18-7-4-8-19-42)63-60(64-59)51-25-10-9-23-47(51)50-26-15-29-56-57(50)52-37-44(21-14-28-55(52)65-56)41-32-30-40(31-33-41)39-16-5-3-6-17-39/h3-27,30-38,47,51,56H,28-29H2,1-2H3. The summed E-state index contributed by atoms with van der Waals surface area (Å²) in [4.78, 5) is 17.4. The summed E-state index contributed by atoms with van der Waals surface area (Å²) in [5, 5.41) is 0.375. The normalized spacial score (nSPS) is 20.0. The zero-order valence-electron chi connectivity index (χ0n) is 36.5. The molecule has 5 aliphatic rings. The molecule has 2 heterocycles. The molecule has 4 heteroatoms. The van der Waals surface area contributed by atoms with Gasteiger partial charge in [-0.25, -0.2) is 15.0 Å². The summed E-state index contributed by atoms with van der Waals surface area (Å²) in [5.41, 5.74) is 18.7. The molecule has 0 radical (unpaired) electrons. The monoisotopic (exact) mass is 853 g/mol. The second-order valence-corrected chi connectivity index (χ2v) is 19.4. The first kappa shape index (κ1) is 39.5. The van der Waals surface area contributed by atoms with Crippen molar-refractivity contribution in [3.05, 3.63) is 250 Å². The largest absolute Gasteiger partial charge is 0.212 e. The molecule has 312 valence electrons. The fraction of sp³-hybridized carbons (Fsp3) is 0.131. The van der Waals surface area contributed by atoms with E-state index in [-0.39, 0.29) is 17.3 Å². The van der Waals surface area contributed by atoms with Gasteiger partial charge in [-0.3, -0.25) is 0 Å². The molecule has 4 aliphatic carbocycles. The van der Waals surface area contributed by atoms with Crippen molar-refractivity contribution in [2.45, 2.75) is 43.3 Å². The van der Waals surface area contributed by atoms with Crippen molar-refractivity contribution >= 4 is 17.3 Å². The minimum Gasteiger partial charge on any atom is -0.212 e. The molecule has 0 saturated carbocycles. The predicted octanol–water partition coefficient (Wildman–Crippen LogP) is 15.3. The second kappa shape index (κ2) is 16.1. The van der Waals surface area contributed by atoms with Gasteiger partial charge in [-0.05, 0) is 108 Å². The van der Waals surface area contributed by atoms with Crippen LogP contribution < -0.4 is 0 Å². The minimum absolute atomic E-state index is 0.0452. The van der Waals surface area contributed by atoms with Gasteiger partial charge in [0.15, 0.2) is 11.6 Å². The molecular weight excluding hydrogens is 807 g/mol. The van der Waals surface area contributed by atoms with Gasteiger partial charge in [0.1, 0.15) is 5.82 Å². The summed E-state index contributed by atoms with van der Waals surface area (Å²) < 4.78 is 0. The van der Waals surface area contributed by atoms with E-state index >= 15 is 0 Å². The Labute approximate surface area is 386 Å². The van der Waals surface area contributed by atoms with Gasteiger partial charge in [0.2, 0.25) is 0 Å². The van der Waals surface area contributed by atoms with E-state index in [9.17, 15) is 0 Å². The van der Waals surface area contributed by atoms with E-state index in [0.717, 1.165) is 35.4 Å². The fourth-order valence-electron chi connectivity index (χ4n) is 10.6. The van der Waals surface area contributed by atoms with Crippen LogP contribution in [0.15, 0.2) is 228 Å². The Morgan fingerprint density at radius 3 is 1.97 bits per heavy atom. The highest BCUT2D eigenvalue weighted by molar-refractivity contribution is 8.04. The summed E-state index contributed by atoms with van der Waals surface area (Å²) in [6.45, 7) is 4.68. The number of thioether (sulfide) groups is 1. The van der Waals surface area contributed by atoms with E-state index in [2.05, 4.69) is 214 Å². The molecule has 3 nitrogen and oxygen atoms in total. The number of fused-ring (bicyclic) bond motifs is 5. The molecular formula is C61H47N3S. The Morgan fingerprint density at radius 1 is 0.523 bits per heavy atom. The van der Waals surface area contributed by atoms with Crippen molar-refractivity contribution in [1.82, 2.24) is 15.0 Å². The molecule has 0 saturated heterocycles. The summed E-state index contributed by atoms with van der Waals surface area (Å²) >= 11 is 2.05. The second-order valence-electron chi connectivity index (χ2n) is 18.1. The van der Waals surface area contributed by atoms with E-state index < -0.39 is 0 Å². The molecule has 0 amide bonds. The lowest BCUT2D eigenvalue weighted by atomic mass is 9.76. The topological polar surface area (TPSA) is 38.7 Å². The van der Waals surface area contributed by atoms with Crippen molar-refractivity contribution < 1.29 is 0 Å². The van der Waals surface area contributed by atoms with Crippen LogP contribution in [0, 0.1) is 5.92 Å². The quantitative estimate of drug-likeness (QED) is 0.160. The highest BCUT2D eigenvalue weighted by atomic mass is 32.2. The van der Waals surface area contributed by atoms with Crippen LogP contribution in [0.2, 0.25) is 0 Å². The Hall–Kier alpha value is -7.14. The molecule has 3 atom stereocenters. The van der Waals surface area contributed by atoms with Gasteiger partial charge in [0, 0.05) is 33.6 Å². The van der Waals surface area contributed by atoms with Crippen molar-refractivity contribution in [1.29, 1.82) is 0 Å². The average Bonchev–Trinajstić information content (AvgIpc) is 3.73. The molecule has 6 aromatic carbocycles. The van der Waals surface area contributed by atoms with Crippen LogP contribution in [0.3, 0.4) is 0 Å². The highest BCUT2D eigenvalue weighted by Gasteiger charge is 2.38. The molecule has 0 spiro atoms. The first-order valence-electron chi connectivity index (χ1n) is 22.8. The van der Waals surface area contributed by atoms with Crippen LogP contribution >= 0.6 is 11.8 Å². The van der Waals surface area contributed by atoms with Gasteiger partial charge in [0.05, 0.1) is 0 Å². The molecule has 1 aromatic heterocycles. The van der Waals surface area contributed by atoms with Crippen molar-refractivity contribution in [2.75, 3.05) is 0 Å². The van der Waals surface area contributed by atoms with Gasteiger partial charge in [-0.2, -0.15) is 0 Å². The smallest absolute Gasteiger partial charge is 0.163 e. The number of allylic oxidation sites excluding steroid dienone is 13. The first-order valence-corrected chi connectivity index (χ1v) is 23.7. The summed E-state index contributed by atoms with van der Waals surface area (Å²) in [6.07, 6.45) is 22.9. The zero-order valence-corrected chi connectivity index (χ0v) is 37.3. The van der Waals surface area contributed by atoms with E-state index in [4.69, 9.17) is 15.0 Å². The molecule has 0 bridgehead atoms. The predicted molar refractivity (Wildman–Crippen MR) is 271 cm³/mol. The van der Waals surface area contributed by atoms with Crippen LogP contribution in [0.1, 0.15) is 55.1 Å². The van der Waals surface area contributed by atoms with Crippen LogP contribution in [-0.2, 0) is 5.41 Å². The van der Waals surface area contributed by atoms with Gasteiger partial charge in [-0.1, -0.05) is 202 Å². The molecule has 7 aromatic rings. The molecule has 0 N–H and O–H groups in total. The fourth-order valence-corrected chi connectivity index (χ4v) is 12.0. The molecule has 12 rings (SSSR count). The average molecular weight is 854 g/mol. The minimum atomic E-state index is -0.0913. The lowest BCUT2D eigenvalue weighted by Gasteiger charge is -2.30. The Kier molecular flexibility index (Phi) is 9.79. The summed E-state index contributed by atoms with van der Waals surface area (Å²) in [5.74, 6) is 2.10. The summed E-state index contributed by atoms with van der Waals surface area (Å²) in [7, 11) is 0. The van der Waals surface area contributed by atoms with Gasteiger partial charge < -0.3 is 0 Å². The maximum absolute atomic E-state index is 5.41. The van der Waals surface area contributed by atoms with Crippen LogP contribution in [0.25, 0.3) is 61.7 Å². The van der Waals surface area contributed by atoms with Gasteiger partial charge in [-0.15, -0.1) is 11.8 Å². The Bertz CT molecular complexity index is 3250. The van der Waals surface area contributed by atoms with E-state index in [1.165, 1.54) is 71.7 Å². The van der Waals surface area contributed by atoms with Crippen LogP contribution in [0.4, 0.5) is 0 Å². The molecule has 0 fully saturated rings. The zero-order chi connectivity index (χ0) is 43.5. The molecule has 3 unspecified atom stereocenters. The lowest BCUT2D eigenvalue weighted by Crippen LogP contribution is -2.21. The molecule has 65 heavy (non-hydrogen) atoms. The Morgan fingerprint density at radius 2 is 1.15 bits per heavy atom. The number of benzene rings is 6. The first-order chi connectivity index (χ1) is 32.0. The third kappa shape index (κ3) is 7.04. The number of nitrogens with zero attached hydrogens (tertiary/aromatic N) is 3. The van der Waals surface area contributed by atoms with E-state index in [0.29, 0.717) is 16.9 Å². The lowest BCUT2D eigenvalue weighted by molar-refractivity contribution is 0.624. The van der Waals surface area contributed by atoms with Crippen LogP contribution in [-0.4, -0.2) is 20.2 Å². The summed E-state index contributed by atoms with van der Waals surface area (Å²) in [6, 6.07) is 54.5. The number of rotatable bonds is 7. The van der Waals surface area contributed by atoms with Crippen molar-refractivity contribution in [2.24, 2.45) is 5.92 Å². The number of hydrogen-bond donors (Lipinski definition) is 0. The van der Waals surface area contributed by atoms with Crippen molar-refractivity contribution in [3.63, 3.8) is 0 Å². The van der Waals surface area contributed by atoms with Gasteiger partial charge >= 0.3 is 0 Å². The SMILES string of the molecule is CC1(C)c2ccccc2-c2ccc(-c3cccc(-c4nc(-c5ccccc5)nc(C5C=CC=CC5C5=C6C7=C(CC=CC(c8ccc(-c9ccccc9)cc8)=C7)SC6CC=C5)n4)c3)cc21. The third-order valence-corrected chi connectivity index (χ3v) is 15.3. The number of aromatic nitrogens is 3. The van der Waals surface area contributed by atoms with E-state index in [1.807, 2.05) is 17.8 Å². The van der Waals surface area contributed by atoms with E-state index in [1.54, 1.807) is 0 Å². The molecule has 1 aliphatic heterocycles. The van der Waals surface area contributed by atoms with Gasteiger partial charge in [0.25, 0.3) is 0 Å². The van der Waals surface area contributed by atoms with Crippen LogP contribution in [0.5, 0.6) is 0 Å². The number of hydrogen-bond acceptors (Lipinski definition) is 4. The third-order valence-electron chi connectivity index (χ3n) is 13.9.